The molecule has 0 N–H and O–H groups in total. The lowest BCUT2D eigenvalue weighted by Gasteiger charge is -2.09. The maximum absolute atomic E-state index is 5.61. The Morgan fingerprint density at radius 3 is 2.47 bits per heavy atom. The van der Waals surface area contributed by atoms with Gasteiger partial charge in [0, 0.05) is 5.92 Å². The summed E-state index contributed by atoms with van der Waals surface area (Å²) in [5.74, 6) is 2.06. The largest absolute Gasteiger partial charge is 0.490 e. The lowest BCUT2D eigenvalue weighted by Crippen LogP contribution is -2.06. The topological polar surface area (TPSA) is 34.0 Å². The molecule has 0 aromatic rings. The van der Waals surface area contributed by atoms with Crippen LogP contribution in [0.1, 0.15) is 34.6 Å². The molecular weight excluding hydrogens is 188 g/mol. The molecule has 0 spiro atoms. The Kier molecular flexibility index (Phi) is 4.06. The quantitative estimate of drug-likeness (QED) is 0.702. The van der Waals surface area contributed by atoms with Gasteiger partial charge < -0.3 is 4.74 Å². The average Bonchev–Trinajstić information content (AvgIpc) is 2.26. The van der Waals surface area contributed by atoms with Gasteiger partial charge in [0.1, 0.15) is 11.6 Å². The van der Waals surface area contributed by atoms with Gasteiger partial charge in [0.15, 0.2) is 0 Å². The Morgan fingerprint density at radius 1 is 1.27 bits per heavy atom. The first-order valence-electron chi connectivity index (χ1n) is 5.49. The fraction of sp³-hybridized carbons (Fsp3) is 0.667. The molecule has 0 saturated heterocycles. The Morgan fingerprint density at radius 2 is 1.93 bits per heavy atom. The van der Waals surface area contributed by atoms with Crippen molar-refractivity contribution in [3.63, 3.8) is 0 Å². The lowest BCUT2D eigenvalue weighted by molar-refractivity contribution is 0.164. The minimum absolute atomic E-state index is 0.138. The van der Waals surface area contributed by atoms with Gasteiger partial charge >= 0.3 is 0 Å². The molecule has 1 aliphatic rings. The lowest BCUT2D eigenvalue weighted by atomic mass is 10.2. The summed E-state index contributed by atoms with van der Waals surface area (Å²) < 4.78 is 5.61. The van der Waals surface area contributed by atoms with Crippen molar-refractivity contribution in [3.8, 4) is 0 Å². The Labute approximate surface area is 92.0 Å². The molecule has 15 heavy (non-hydrogen) atoms. The molecule has 1 aliphatic heterocycles. The van der Waals surface area contributed by atoms with Crippen LogP contribution in [-0.4, -0.2) is 24.2 Å². The van der Waals surface area contributed by atoms with Gasteiger partial charge in [-0.05, 0) is 26.8 Å². The number of hydrogen-bond donors (Lipinski definition) is 0. The predicted molar refractivity (Wildman–Crippen MR) is 64.5 cm³/mol. The summed E-state index contributed by atoms with van der Waals surface area (Å²) in [7, 11) is 0. The van der Waals surface area contributed by atoms with E-state index >= 15 is 0 Å². The molecule has 1 rings (SSSR count). The molecule has 1 atom stereocenters. The van der Waals surface area contributed by atoms with Gasteiger partial charge in [-0.2, -0.15) is 0 Å². The number of nitrogens with zero attached hydrogens (tertiary/aromatic N) is 2. The highest BCUT2D eigenvalue weighted by Crippen LogP contribution is 2.11. The molecule has 1 heterocycles. The molecule has 0 aromatic heterocycles. The molecular formula is C12H20N2O. The van der Waals surface area contributed by atoms with Gasteiger partial charge in [0.25, 0.3) is 0 Å². The van der Waals surface area contributed by atoms with Crippen LogP contribution in [0.2, 0.25) is 0 Å². The molecule has 0 aliphatic carbocycles. The Balaban J connectivity index is 2.79. The van der Waals surface area contributed by atoms with Crippen LogP contribution < -0.4 is 0 Å². The minimum Gasteiger partial charge on any atom is -0.490 e. The van der Waals surface area contributed by atoms with Crippen molar-refractivity contribution in [2.75, 3.05) is 0 Å². The number of amidine groups is 1. The van der Waals surface area contributed by atoms with Gasteiger partial charge in [-0.1, -0.05) is 13.8 Å². The number of allylic oxidation sites excluding steroid dienone is 1. The number of ether oxygens (including phenoxy) is 1. The highest BCUT2D eigenvalue weighted by molar-refractivity contribution is 5.95. The van der Waals surface area contributed by atoms with Crippen molar-refractivity contribution in [3.05, 3.63) is 11.8 Å². The SMILES string of the molecule is CC1C=C(OC(C)C)C=NC(C(C)C)=N1. The number of rotatable bonds is 3. The molecule has 0 radical (unpaired) electrons. The third kappa shape index (κ3) is 3.86. The van der Waals surface area contributed by atoms with Gasteiger partial charge in [-0.3, -0.25) is 4.99 Å². The highest BCUT2D eigenvalue weighted by Gasteiger charge is 2.10. The molecule has 1 unspecified atom stereocenters. The van der Waals surface area contributed by atoms with Crippen molar-refractivity contribution in [1.29, 1.82) is 0 Å². The van der Waals surface area contributed by atoms with Crippen LogP contribution in [0.15, 0.2) is 21.8 Å². The van der Waals surface area contributed by atoms with E-state index in [2.05, 4.69) is 23.8 Å². The highest BCUT2D eigenvalue weighted by atomic mass is 16.5. The van der Waals surface area contributed by atoms with E-state index in [0.717, 1.165) is 11.6 Å². The van der Waals surface area contributed by atoms with E-state index in [1.54, 1.807) is 6.21 Å². The third-order valence-corrected chi connectivity index (χ3v) is 1.95. The smallest absolute Gasteiger partial charge is 0.136 e. The Bertz CT molecular complexity index is 301. The van der Waals surface area contributed by atoms with Gasteiger partial charge in [0.05, 0.1) is 18.4 Å². The predicted octanol–water partition coefficient (Wildman–Crippen LogP) is 2.82. The number of hydrogen-bond acceptors (Lipinski definition) is 3. The van der Waals surface area contributed by atoms with Gasteiger partial charge in [-0.15, -0.1) is 0 Å². The maximum atomic E-state index is 5.61. The van der Waals surface area contributed by atoms with Crippen LogP contribution in [0.3, 0.4) is 0 Å². The first kappa shape index (κ1) is 12.0. The molecule has 84 valence electrons. The van der Waals surface area contributed by atoms with E-state index in [4.69, 9.17) is 4.74 Å². The fourth-order valence-electron chi connectivity index (χ4n) is 1.33. The van der Waals surface area contributed by atoms with Crippen molar-refractivity contribution >= 4 is 12.1 Å². The summed E-state index contributed by atoms with van der Waals surface area (Å²) in [6.45, 7) is 10.2. The average molecular weight is 208 g/mol. The van der Waals surface area contributed by atoms with Crippen LogP contribution in [0, 0.1) is 5.92 Å². The van der Waals surface area contributed by atoms with Crippen LogP contribution in [0.4, 0.5) is 0 Å². The third-order valence-electron chi connectivity index (χ3n) is 1.95. The van der Waals surface area contributed by atoms with E-state index in [9.17, 15) is 0 Å². The van der Waals surface area contributed by atoms with Crippen LogP contribution >= 0.6 is 0 Å². The van der Waals surface area contributed by atoms with Gasteiger partial charge in [0.2, 0.25) is 0 Å². The minimum atomic E-state index is 0.138. The second-order valence-corrected chi connectivity index (χ2v) is 4.38. The van der Waals surface area contributed by atoms with E-state index in [1.165, 1.54) is 0 Å². The van der Waals surface area contributed by atoms with Crippen molar-refractivity contribution in [2.45, 2.75) is 46.8 Å². The maximum Gasteiger partial charge on any atom is 0.136 e. The summed E-state index contributed by atoms with van der Waals surface area (Å²) >= 11 is 0. The summed E-state index contributed by atoms with van der Waals surface area (Å²) in [5, 5.41) is 0. The zero-order valence-electron chi connectivity index (χ0n) is 10.2. The number of aliphatic imine (C=N–C) groups is 2. The van der Waals surface area contributed by atoms with E-state index in [-0.39, 0.29) is 12.1 Å². The molecule has 3 heteroatoms. The second kappa shape index (κ2) is 5.10. The van der Waals surface area contributed by atoms with Crippen molar-refractivity contribution in [2.24, 2.45) is 15.9 Å². The zero-order chi connectivity index (χ0) is 11.4. The van der Waals surface area contributed by atoms with Crippen LogP contribution in [-0.2, 0) is 4.74 Å². The summed E-state index contributed by atoms with van der Waals surface area (Å²) in [4.78, 5) is 8.83. The zero-order valence-corrected chi connectivity index (χ0v) is 10.2. The summed E-state index contributed by atoms with van der Waals surface area (Å²) in [6.07, 6.45) is 3.94. The molecule has 3 nitrogen and oxygen atoms in total. The summed E-state index contributed by atoms with van der Waals surface area (Å²) in [5.41, 5.74) is 0. The van der Waals surface area contributed by atoms with Gasteiger partial charge in [-0.25, -0.2) is 4.99 Å². The molecule has 0 saturated carbocycles. The van der Waals surface area contributed by atoms with Crippen LogP contribution in [0.25, 0.3) is 0 Å². The monoisotopic (exact) mass is 208 g/mol. The van der Waals surface area contributed by atoms with Crippen LogP contribution in [0.5, 0.6) is 0 Å². The van der Waals surface area contributed by atoms with E-state index in [1.807, 2.05) is 26.8 Å². The standard InChI is InChI=1S/C12H20N2O/c1-8(2)12-13-7-11(15-9(3)4)6-10(5)14-12/h6-10H,1-5H3. The normalized spacial score (nSPS) is 21.4. The summed E-state index contributed by atoms with van der Waals surface area (Å²) in [6, 6.07) is 0.138. The molecule has 0 aromatic carbocycles. The first-order valence-corrected chi connectivity index (χ1v) is 5.49. The Hall–Kier alpha value is -1.12. The van der Waals surface area contributed by atoms with Crippen molar-refractivity contribution in [1.82, 2.24) is 0 Å². The molecule has 0 bridgehead atoms. The fourth-order valence-corrected chi connectivity index (χ4v) is 1.33. The first-order chi connectivity index (χ1) is 6.99. The van der Waals surface area contributed by atoms with E-state index < -0.39 is 0 Å². The van der Waals surface area contributed by atoms with Crippen molar-refractivity contribution < 1.29 is 4.74 Å². The molecule has 0 fully saturated rings. The second-order valence-electron chi connectivity index (χ2n) is 4.38. The van der Waals surface area contributed by atoms with E-state index in [0.29, 0.717) is 5.92 Å². The molecule has 0 amide bonds.